The molecule has 5 heteroatoms. The molecule has 0 aromatic heterocycles. The average molecular weight is 405 g/mol. The third kappa shape index (κ3) is 9.68. The van der Waals surface area contributed by atoms with Gasteiger partial charge in [0.15, 0.2) is 5.96 Å². The van der Waals surface area contributed by atoms with Gasteiger partial charge in [-0.25, -0.2) is 0 Å². The molecule has 1 aromatic carbocycles. The van der Waals surface area contributed by atoms with Gasteiger partial charge in [-0.2, -0.15) is 0 Å². The van der Waals surface area contributed by atoms with E-state index in [1.807, 2.05) is 18.2 Å². The van der Waals surface area contributed by atoms with Crippen molar-refractivity contribution >= 4 is 29.9 Å². The van der Waals surface area contributed by atoms with E-state index >= 15 is 0 Å². The Labute approximate surface area is 145 Å². The third-order valence-corrected chi connectivity index (χ3v) is 2.76. The second-order valence-electron chi connectivity index (χ2n) is 4.86. The minimum Gasteiger partial charge on any atom is -0.376 e. The number of guanidine groups is 1. The molecule has 0 amide bonds. The molecule has 1 aromatic rings. The molecule has 0 spiro atoms. The Morgan fingerprint density at radius 3 is 2.33 bits per heavy atom. The Balaban J connectivity index is 0.00000400. The van der Waals surface area contributed by atoms with E-state index < -0.39 is 0 Å². The fourth-order valence-corrected chi connectivity index (χ4v) is 1.76. The quantitative estimate of drug-likeness (QED) is 0.397. The van der Waals surface area contributed by atoms with Crippen LogP contribution < -0.4 is 10.6 Å². The molecule has 0 heterocycles. The number of benzene rings is 1. The van der Waals surface area contributed by atoms with E-state index in [-0.39, 0.29) is 24.0 Å². The molecule has 0 fully saturated rings. The lowest BCUT2D eigenvalue weighted by molar-refractivity contribution is 0.0945. The number of rotatable bonds is 8. The highest BCUT2D eigenvalue weighted by Crippen LogP contribution is 2.03. The minimum atomic E-state index is 0. The number of hydrogen-bond donors (Lipinski definition) is 2. The van der Waals surface area contributed by atoms with Crippen LogP contribution in [-0.4, -0.2) is 32.2 Å². The van der Waals surface area contributed by atoms with Crippen molar-refractivity contribution in [2.24, 2.45) is 10.9 Å². The SMILES string of the molecule is CCNC(=NCC(C)COCc1ccccc1)NCC.I. The molecular formula is C16H28IN3O. The van der Waals surface area contributed by atoms with Crippen molar-refractivity contribution in [3.05, 3.63) is 35.9 Å². The maximum Gasteiger partial charge on any atom is 0.191 e. The average Bonchev–Trinajstić information content (AvgIpc) is 2.46. The second-order valence-corrected chi connectivity index (χ2v) is 4.86. The second kappa shape index (κ2) is 12.9. The van der Waals surface area contributed by atoms with E-state index in [2.05, 4.69) is 48.5 Å². The predicted molar refractivity (Wildman–Crippen MR) is 100 cm³/mol. The van der Waals surface area contributed by atoms with E-state index in [1.54, 1.807) is 0 Å². The summed E-state index contributed by atoms with van der Waals surface area (Å²) in [6.07, 6.45) is 0. The smallest absolute Gasteiger partial charge is 0.191 e. The van der Waals surface area contributed by atoms with Gasteiger partial charge in [-0.15, -0.1) is 24.0 Å². The van der Waals surface area contributed by atoms with Crippen LogP contribution in [0.5, 0.6) is 0 Å². The van der Waals surface area contributed by atoms with Crippen molar-refractivity contribution in [3.8, 4) is 0 Å². The largest absolute Gasteiger partial charge is 0.376 e. The van der Waals surface area contributed by atoms with Crippen LogP contribution >= 0.6 is 24.0 Å². The molecule has 0 saturated carbocycles. The first-order valence-electron chi connectivity index (χ1n) is 7.40. The Morgan fingerprint density at radius 1 is 1.14 bits per heavy atom. The van der Waals surface area contributed by atoms with Gasteiger partial charge in [-0.1, -0.05) is 37.3 Å². The Hall–Kier alpha value is -0.820. The molecular weight excluding hydrogens is 377 g/mol. The van der Waals surface area contributed by atoms with Gasteiger partial charge >= 0.3 is 0 Å². The fraction of sp³-hybridized carbons (Fsp3) is 0.562. The lowest BCUT2D eigenvalue weighted by Gasteiger charge is -2.13. The van der Waals surface area contributed by atoms with Crippen molar-refractivity contribution in [3.63, 3.8) is 0 Å². The lowest BCUT2D eigenvalue weighted by Crippen LogP contribution is -2.37. The molecule has 21 heavy (non-hydrogen) atoms. The van der Waals surface area contributed by atoms with E-state index in [0.717, 1.165) is 32.2 Å². The zero-order chi connectivity index (χ0) is 14.6. The normalized spacial score (nSPS) is 11.2. The molecule has 1 rings (SSSR count). The Morgan fingerprint density at radius 2 is 1.76 bits per heavy atom. The molecule has 4 nitrogen and oxygen atoms in total. The van der Waals surface area contributed by atoms with E-state index in [1.165, 1.54) is 5.56 Å². The van der Waals surface area contributed by atoms with Crippen LogP contribution in [0.15, 0.2) is 35.3 Å². The van der Waals surface area contributed by atoms with Gasteiger partial charge in [0.05, 0.1) is 13.2 Å². The summed E-state index contributed by atoms with van der Waals surface area (Å²) in [6.45, 7) is 10.2. The van der Waals surface area contributed by atoms with Crippen molar-refractivity contribution in [2.75, 3.05) is 26.2 Å². The van der Waals surface area contributed by atoms with Crippen LogP contribution in [-0.2, 0) is 11.3 Å². The number of aliphatic imine (C=N–C) groups is 1. The monoisotopic (exact) mass is 405 g/mol. The number of ether oxygens (including phenoxy) is 1. The molecule has 120 valence electrons. The van der Waals surface area contributed by atoms with Gasteiger partial charge in [0.25, 0.3) is 0 Å². The molecule has 0 aliphatic heterocycles. The highest BCUT2D eigenvalue weighted by Gasteiger charge is 2.03. The van der Waals surface area contributed by atoms with Crippen molar-refractivity contribution in [1.82, 2.24) is 10.6 Å². The zero-order valence-electron chi connectivity index (χ0n) is 13.3. The molecule has 0 bridgehead atoms. The standard InChI is InChI=1S/C16H27N3O.HI/c1-4-17-16(18-5-2)19-11-14(3)12-20-13-15-9-7-6-8-10-15;/h6-10,14H,4-5,11-13H2,1-3H3,(H2,17,18,19);1H. The maximum absolute atomic E-state index is 5.72. The highest BCUT2D eigenvalue weighted by atomic mass is 127. The first kappa shape index (κ1) is 20.2. The van der Waals surface area contributed by atoms with Crippen LogP contribution in [0.25, 0.3) is 0 Å². The number of halogens is 1. The first-order valence-corrected chi connectivity index (χ1v) is 7.40. The van der Waals surface area contributed by atoms with Gasteiger partial charge < -0.3 is 15.4 Å². The van der Waals surface area contributed by atoms with E-state index in [4.69, 9.17) is 4.74 Å². The summed E-state index contributed by atoms with van der Waals surface area (Å²) in [6, 6.07) is 10.2. The lowest BCUT2D eigenvalue weighted by atomic mass is 10.2. The molecule has 1 atom stereocenters. The summed E-state index contributed by atoms with van der Waals surface area (Å²) in [5, 5.41) is 6.44. The molecule has 1 unspecified atom stereocenters. The number of hydrogen-bond acceptors (Lipinski definition) is 2. The summed E-state index contributed by atoms with van der Waals surface area (Å²) in [7, 11) is 0. The fourth-order valence-electron chi connectivity index (χ4n) is 1.76. The van der Waals surface area contributed by atoms with Crippen molar-refractivity contribution in [2.45, 2.75) is 27.4 Å². The molecule has 0 radical (unpaired) electrons. The van der Waals surface area contributed by atoms with Crippen LogP contribution in [0.4, 0.5) is 0 Å². The Kier molecular flexibility index (Phi) is 12.4. The summed E-state index contributed by atoms with van der Waals surface area (Å²) >= 11 is 0. The summed E-state index contributed by atoms with van der Waals surface area (Å²) in [5.41, 5.74) is 1.21. The first-order chi connectivity index (χ1) is 9.76. The van der Waals surface area contributed by atoms with Gasteiger partial charge in [0.1, 0.15) is 0 Å². The molecule has 0 saturated heterocycles. The van der Waals surface area contributed by atoms with Crippen LogP contribution in [0, 0.1) is 5.92 Å². The minimum absolute atomic E-state index is 0. The van der Waals surface area contributed by atoms with E-state index in [9.17, 15) is 0 Å². The van der Waals surface area contributed by atoms with Crippen LogP contribution in [0.3, 0.4) is 0 Å². The molecule has 2 N–H and O–H groups in total. The van der Waals surface area contributed by atoms with Crippen LogP contribution in [0.2, 0.25) is 0 Å². The maximum atomic E-state index is 5.72. The number of nitrogens with one attached hydrogen (secondary N) is 2. The zero-order valence-corrected chi connectivity index (χ0v) is 15.6. The molecule has 0 aliphatic rings. The van der Waals surface area contributed by atoms with Crippen LogP contribution in [0.1, 0.15) is 26.3 Å². The van der Waals surface area contributed by atoms with Gasteiger partial charge in [-0.05, 0) is 25.3 Å². The Bertz CT molecular complexity index is 376. The molecule has 0 aliphatic carbocycles. The summed E-state index contributed by atoms with van der Waals surface area (Å²) < 4.78 is 5.72. The van der Waals surface area contributed by atoms with Crippen molar-refractivity contribution in [1.29, 1.82) is 0 Å². The van der Waals surface area contributed by atoms with E-state index in [0.29, 0.717) is 12.5 Å². The summed E-state index contributed by atoms with van der Waals surface area (Å²) in [5.74, 6) is 1.29. The summed E-state index contributed by atoms with van der Waals surface area (Å²) in [4.78, 5) is 4.54. The third-order valence-electron chi connectivity index (χ3n) is 2.76. The number of nitrogens with zero attached hydrogens (tertiary/aromatic N) is 1. The van der Waals surface area contributed by atoms with Gasteiger partial charge in [0, 0.05) is 19.6 Å². The predicted octanol–water partition coefficient (Wildman–Crippen LogP) is 3.03. The topological polar surface area (TPSA) is 45.7 Å². The van der Waals surface area contributed by atoms with Gasteiger partial charge in [-0.3, -0.25) is 4.99 Å². The van der Waals surface area contributed by atoms with Crippen molar-refractivity contribution < 1.29 is 4.74 Å². The highest BCUT2D eigenvalue weighted by molar-refractivity contribution is 14.0. The van der Waals surface area contributed by atoms with Gasteiger partial charge in [0.2, 0.25) is 0 Å².